The zero-order valence-electron chi connectivity index (χ0n) is 20.5. The maximum absolute atomic E-state index is 12.2. The van der Waals surface area contributed by atoms with Crippen LogP contribution < -0.4 is 15.8 Å². The minimum Gasteiger partial charge on any atom is -0.505 e. The van der Waals surface area contributed by atoms with Gasteiger partial charge in [0.15, 0.2) is 5.75 Å². The first-order chi connectivity index (χ1) is 19.4. The van der Waals surface area contributed by atoms with Gasteiger partial charge in [0, 0.05) is 17.1 Å². The second kappa shape index (κ2) is 10.9. The number of rotatable bonds is 8. The summed E-state index contributed by atoms with van der Waals surface area (Å²) in [6.45, 7) is 0. The van der Waals surface area contributed by atoms with Crippen molar-refractivity contribution in [3.63, 3.8) is 0 Å². The van der Waals surface area contributed by atoms with E-state index in [0.717, 1.165) is 13.2 Å². The SMILES string of the molecule is COc1cc(S(=O)(=O)O)c(N=Nc2c(S(=O)(=O)O)cc3cc(Nc4nc(N)nc(Cl)n4)ccc3c2O)cc1S(=O)(=O)O. The number of phenols is 1. The van der Waals surface area contributed by atoms with Gasteiger partial charge >= 0.3 is 0 Å². The van der Waals surface area contributed by atoms with E-state index in [1.165, 1.54) is 18.2 Å². The summed E-state index contributed by atoms with van der Waals surface area (Å²) in [5.41, 5.74) is 3.96. The van der Waals surface area contributed by atoms with Crippen LogP contribution >= 0.6 is 11.6 Å². The molecular formula is C20H16ClN7O11S3. The van der Waals surface area contributed by atoms with Crippen molar-refractivity contribution in [1.82, 2.24) is 15.0 Å². The molecule has 0 fully saturated rings. The quantitative estimate of drug-likeness (QED) is 0.117. The van der Waals surface area contributed by atoms with Gasteiger partial charge in [-0.25, -0.2) is 0 Å². The van der Waals surface area contributed by atoms with Crippen LogP contribution in [0.2, 0.25) is 5.28 Å². The molecule has 7 N–H and O–H groups in total. The number of nitrogens with one attached hydrogen (secondary N) is 1. The molecule has 0 aliphatic carbocycles. The summed E-state index contributed by atoms with van der Waals surface area (Å²) in [7, 11) is -14.4. The summed E-state index contributed by atoms with van der Waals surface area (Å²) in [6.07, 6.45) is 0. The number of benzene rings is 3. The van der Waals surface area contributed by atoms with E-state index in [4.69, 9.17) is 22.1 Å². The molecule has 0 radical (unpaired) electrons. The third-order valence-corrected chi connectivity index (χ3v) is 8.06. The van der Waals surface area contributed by atoms with Crippen molar-refractivity contribution < 1.29 is 48.8 Å². The first kappa shape index (κ1) is 30.7. The number of ether oxygens (including phenoxy) is 1. The Morgan fingerprint density at radius 3 is 2.07 bits per heavy atom. The lowest BCUT2D eigenvalue weighted by atomic mass is 10.1. The lowest BCUT2D eigenvalue weighted by Gasteiger charge is -2.12. The molecule has 222 valence electrons. The number of nitrogens with two attached hydrogens (primary N) is 1. The lowest BCUT2D eigenvalue weighted by Crippen LogP contribution is -2.05. The first-order valence-electron chi connectivity index (χ1n) is 10.7. The standard InChI is InChI=1S/C20H16ClN7O11S3/c1-39-12-7-13(40(30,31)32)11(6-14(12)41(33,34)35)27-28-16-15(42(36,37)38)5-8-4-9(2-3-10(8)17(16)29)23-20-25-18(21)24-19(22)26-20/h2-7,29H,1H3,(H,30,31,32)(H,33,34,35)(H,36,37,38)(H3,22,23,24,25,26). The maximum atomic E-state index is 12.2. The van der Waals surface area contributed by atoms with Crippen LogP contribution in [0, 0.1) is 0 Å². The van der Waals surface area contributed by atoms with Gasteiger partial charge in [0.1, 0.15) is 31.8 Å². The molecule has 0 aliphatic heterocycles. The van der Waals surface area contributed by atoms with E-state index in [2.05, 4.69) is 30.5 Å². The Kier molecular flexibility index (Phi) is 7.94. The summed E-state index contributed by atoms with van der Waals surface area (Å²) < 4.78 is 106. The summed E-state index contributed by atoms with van der Waals surface area (Å²) in [4.78, 5) is 8.23. The molecule has 0 saturated heterocycles. The number of nitrogens with zero attached hydrogens (tertiary/aromatic N) is 5. The fourth-order valence-corrected chi connectivity index (χ4v) is 5.65. The molecular weight excluding hydrogens is 646 g/mol. The number of anilines is 3. The van der Waals surface area contributed by atoms with Crippen LogP contribution in [0.1, 0.15) is 0 Å². The smallest absolute Gasteiger partial charge is 0.298 e. The highest BCUT2D eigenvalue weighted by atomic mass is 35.5. The van der Waals surface area contributed by atoms with Crippen LogP contribution in [-0.2, 0) is 30.4 Å². The Morgan fingerprint density at radius 2 is 1.50 bits per heavy atom. The van der Waals surface area contributed by atoms with E-state index in [0.29, 0.717) is 12.1 Å². The Hall–Kier alpha value is -4.25. The van der Waals surface area contributed by atoms with E-state index in [9.17, 15) is 44.0 Å². The van der Waals surface area contributed by atoms with Gasteiger partial charge in [-0.3, -0.25) is 13.7 Å². The molecule has 3 aromatic carbocycles. The van der Waals surface area contributed by atoms with E-state index >= 15 is 0 Å². The van der Waals surface area contributed by atoms with Gasteiger partial charge in [0.05, 0.1) is 7.11 Å². The van der Waals surface area contributed by atoms with Crippen molar-refractivity contribution in [2.75, 3.05) is 18.2 Å². The summed E-state index contributed by atoms with van der Waals surface area (Å²) in [5.74, 6) is -1.82. The second-order valence-electron chi connectivity index (χ2n) is 8.02. The average molecular weight is 662 g/mol. The van der Waals surface area contributed by atoms with Gasteiger partial charge in [-0.15, -0.1) is 10.2 Å². The largest absolute Gasteiger partial charge is 0.505 e. The van der Waals surface area contributed by atoms with E-state index in [1.54, 1.807) is 0 Å². The van der Waals surface area contributed by atoms with Crippen LogP contribution in [0.25, 0.3) is 10.8 Å². The summed E-state index contributed by atoms with van der Waals surface area (Å²) in [5, 5.41) is 20.4. The van der Waals surface area contributed by atoms with E-state index in [1.807, 2.05) is 0 Å². The third kappa shape index (κ3) is 6.46. The number of hydrogen-bond donors (Lipinski definition) is 6. The minimum absolute atomic E-state index is 0.0222. The molecule has 1 heterocycles. The molecule has 4 aromatic rings. The zero-order valence-corrected chi connectivity index (χ0v) is 23.7. The monoisotopic (exact) mass is 661 g/mol. The Labute approximate surface area is 241 Å². The molecule has 42 heavy (non-hydrogen) atoms. The van der Waals surface area contributed by atoms with Crippen LogP contribution in [0.3, 0.4) is 0 Å². The van der Waals surface area contributed by atoms with Gasteiger partial charge in [0.25, 0.3) is 30.4 Å². The predicted molar refractivity (Wildman–Crippen MR) is 145 cm³/mol. The highest BCUT2D eigenvalue weighted by molar-refractivity contribution is 7.86. The molecule has 0 spiro atoms. The fourth-order valence-electron chi connectivity index (χ4n) is 3.55. The molecule has 0 atom stereocenters. The highest BCUT2D eigenvalue weighted by Gasteiger charge is 2.26. The van der Waals surface area contributed by atoms with E-state index in [-0.39, 0.29) is 33.6 Å². The number of aromatic hydroxyl groups is 1. The Bertz CT molecular complexity index is 2110. The number of phenolic OH excluding ortho intramolecular Hbond substituents is 1. The van der Waals surface area contributed by atoms with Crippen molar-refractivity contribution in [1.29, 1.82) is 0 Å². The van der Waals surface area contributed by atoms with Crippen molar-refractivity contribution in [2.24, 2.45) is 10.2 Å². The fraction of sp³-hybridized carbons (Fsp3) is 0.0500. The predicted octanol–water partition coefficient (Wildman–Crippen LogP) is 2.87. The molecule has 4 rings (SSSR count). The number of methoxy groups -OCH3 is 1. The maximum Gasteiger partial charge on any atom is 0.298 e. The molecule has 1 aromatic heterocycles. The molecule has 0 saturated carbocycles. The third-order valence-electron chi connectivity index (χ3n) is 5.27. The number of hydrogen-bond acceptors (Lipinski definition) is 15. The zero-order chi connectivity index (χ0) is 31.2. The second-order valence-corrected chi connectivity index (χ2v) is 12.5. The molecule has 0 bridgehead atoms. The average Bonchev–Trinajstić information content (AvgIpc) is 2.85. The highest BCUT2D eigenvalue weighted by Crippen LogP contribution is 2.43. The number of halogens is 1. The van der Waals surface area contributed by atoms with Gasteiger partial charge < -0.3 is 20.9 Å². The summed E-state index contributed by atoms with van der Waals surface area (Å²) >= 11 is 5.75. The van der Waals surface area contributed by atoms with Crippen molar-refractivity contribution in [2.45, 2.75) is 14.7 Å². The van der Waals surface area contributed by atoms with Gasteiger partial charge in [-0.2, -0.15) is 40.2 Å². The first-order valence-corrected chi connectivity index (χ1v) is 15.4. The number of aromatic nitrogens is 3. The molecule has 0 amide bonds. The molecule has 22 heteroatoms. The van der Waals surface area contributed by atoms with Crippen molar-refractivity contribution in [3.8, 4) is 11.5 Å². The van der Waals surface area contributed by atoms with Gasteiger partial charge in [0.2, 0.25) is 17.2 Å². The van der Waals surface area contributed by atoms with E-state index < -0.39 is 67.9 Å². The van der Waals surface area contributed by atoms with Gasteiger partial charge in [-0.1, -0.05) is 0 Å². The Balaban J connectivity index is 1.91. The lowest BCUT2D eigenvalue weighted by molar-refractivity contribution is 0.395. The van der Waals surface area contributed by atoms with Gasteiger partial charge in [-0.05, 0) is 47.3 Å². The van der Waals surface area contributed by atoms with Crippen molar-refractivity contribution >= 4 is 81.7 Å². The molecule has 0 unspecified atom stereocenters. The topological polar surface area (TPSA) is 294 Å². The minimum atomic E-state index is -5.14. The van der Waals surface area contributed by atoms with Crippen molar-refractivity contribution in [3.05, 3.63) is 41.7 Å². The number of azo groups is 1. The van der Waals surface area contributed by atoms with Crippen LogP contribution in [0.4, 0.5) is 29.0 Å². The molecule has 0 aliphatic rings. The van der Waals surface area contributed by atoms with Crippen LogP contribution in [0.5, 0.6) is 11.5 Å². The van der Waals surface area contributed by atoms with Crippen LogP contribution in [-0.4, -0.2) is 66.1 Å². The normalized spacial score (nSPS) is 12.6. The van der Waals surface area contributed by atoms with Crippen LogP contribution in [0.15, 0.2) is 61.3 Å². The Morgan fingerprint density at radius 1 is 0.857 bits per heavy atom. The number of fused-ring (bicyclic) bond motifs is 1. The number of nitrogen functional groups attached to an aromatic ring is 1. The summed E-state index contributed by atoms with van der Waals surface area (Å²) in [6, 6.07) is 5.86. The molecule has 18 nitrogen and oxygen atoms in total.